The second-order valence-electron chi connectivity index (χ2n) is 7.70. The van der Waals surface area contributed by atoms with Gasteiger partial charge in [0.15, 0.2) is 17.9 Å². The van der Waals surface area contributed by atoms with Gasteiger partial charge in [-0.05, 0) is 42.5 Å². The normalized spacial score (nSPS) is 20.4. The molecule has 6 heteroatoms. The fourth-order valence-electron chi connectivity index (χ4n) is 4.57. The Morgan fingerprint density at radius 2 is 2.00 bits per heavy atom. The number of rotatable bonds is 4. The molecule has 2 saturated heterocycles. The minimum Gasteiger partial charge on any atom is -0.374 e. The molecule has 0 aromatic heterocycles. The number of nitrogens with one attached hydrogen (secondary N) is 1. The SMILES string of the molecule is Cc1cccc2c(Nc3cccc(F)c3F)cc(N3CC4CC3CO4)c(C=O)c12. The van der Waals surface area contributed by atoms with E-state index in [-0.39, 0.29) is 17.8 Å². The van der Waals surface area contributed by atoms with E-state index >= 15 is 0 Å². The first-order valence-corrected chi connectivity index (χ1v) is 9.67. The van der Waals surface area contributed by atoms with Crippen LogP contribution in [0.15, 0.2) is 42.5 Å². The lowest BCUT2D eigenvalue weighted by Crippen LogP contribution is -2.37. The zero-order valence-electron chi connectivity index (χ0n) is 15.9. The summed E-state index contributed by atoms with van der Waals surface area (Å²) in [5.41, 5.74) is 3.07. The standard InChI is InChI=1S/C23H20F2N2O2/c1-13-4-2-5-16-20(26-19-7-3-6-18(24)23(19)25)9-21(17(11-28)22(13)16)27-10-15-8-14(27)12-29-15/h2-7,9,11,14-15,26H,8,10,12H2,1H3. The molecule has 3 aromatic carbocycles. The smallest absolute Gasteiger partial charge is 0.182 e. The Bertz CT molecular complexity index is 1130. The molecule has 0 aliphatic carbocycles. The lowest BCUT2D eigenvalue weighted by atomic mass is 9.96. The third-order valence-electron chi connectivity index (χ3n) is 5.94. The minimum absolute atomic E-state index is 0.0592. The molecular formula is C23H20F2N2O2. The van der Waals surface area contributed by atoms with E-state index in [1.54, 1.807) is 0 Å². The fraction of sp³-hybridized carbons (Fsp3) is 0.261. The fourth-order valence-corrected chi connectivity index (χ4v) is 4.57. The van der Waals surface area contributed by atoms with E-state index in [4.69, 9.17) is 4.74 Å². The lowest BCUT2D eigenvalue weighted by molar-refractivity contribution is 0.0989. The summed E-state index contributed by atoms with van der Waals surface area (Å²) in [5.74, 6) is -1.84. The number of aryl methyl sites for hydroxylation is 1. The van der Waals surface area contributed by atoms with Gasteiger partial charge in [-0.25, -0.2) is 8.78 Å². The molecule has 0 saturated carbocycles. The third kappa shape index (κ3) is 2.86. The number of carbonyl (C=O) groups is 1. The van der Waals surface area contributed by atoms with E-state index < -0.39 is 11.6 Å². The van der Waals surface area contributed by atoms with Crippen molar-refractivity contribution in [2.45, 2.75) is 25.5 Å². The number of hydrogen-bond acceptors (Lipinski definition) is 4. The van der Waals surface area contributed by atoms with Crippen LogP contribution >= 0.6 is 0 Å². The monoisotopic (exact) mass is 394 g/mol. The van der Waals surface area contributed by atoms with Crippen LogP contribution < -0.4 is 10.2 Å². The van der Waals surface area contributed by atoms with Crippen molar-refractivity contribution >= 4 is 34.1 Å². The Hall–Kier alpha value is -2.99. The second kappa shape index (κ2) is 6.81. The summed E-state index contributed by atoms with van der Waals surface area (Å²) < 4.78 is 33.7. The highest BCUT2D eigenvalue weighted by Gasteiger charge is 2.40. The summed E-state index contributed by atoms with van der Waals surface area (Å²) in [6.07, 6.45) is 2.00. The summed E-state index contributed by atoms with van der Waals surface area (Å²) in [6, 6.07) is 11.9. The van der Waals surface area contributed by atoms with E-state index in [9.17, 15) is 13.6 Å². The Morgan fingerprint density at radius 3 is 2.72 bits per heavy atom. The first-order chi connectivity index (χ1) is 14.1. The summed E-state index contributed by atoms with van der Waals surface area (Å²) in [6.45, 7) is 3.30. The van der Waals surface area contributed by atoms with E-state index in [2.05, 4.69) is 10.2 Å². The largest absolute Gasteiger partial charge is 0.374 e. The summed E-state index contributed by atoms with van der Waals surface area (Å²) in [4.78, 5) is 14.3. The molecule has 2 fully saturated rings. The summed E-state index contributed by atoms with van der Waals surface area (Å²) in [7, 11) is 0. The van der Waals surface area contributed by atoms with E-state index in [1.807, 2.05) is 31.2 Å². The Morgan fingerprint density at radius 1 is 1.17 bits per heavy atom. The van der Waals surface area contributed by atoms with Gasteiger partial charge in [-0.1, -0.05) is 24.3 Å². The van der Waals surface area contributed by atoms with Crippen molar-refractivity contribution in [3.8, 4) is 0 Å². The van der Waals surface area contributed by atoms with E-state index in [0.29, 0.717) is 17.9 Å². The van der Waals surface area contributed by atoms with Crippen LogP contribution in [0.2, 0.25) is 0 Å². The zero-order chi connectivity index (χ0) is 20.1. The van der Waals surface area contributed by atoms with Crippen molar-refractivity contribution in [1.82, 2.24) is 0 Å². The molecule has 0 amide bonds. The van der Waals surface area contributed by atoms with Crippen molar-refractivity contribution in [2.24, 2.45) is 0 Å². The van der Waals surface area contributed by atoms with Crippen LogP contribution in [-0.2, 0) is 4.74 Å². The van der Waals surface area contributed by atoms with Gasteiger partial charge in [0.05, 0.1) is 30.1 Å². The van der Waals surface area contributed by atoms with Gasteiger partial charge in [0, 0.05) is 23.2 Å². The maximum atomic E-state index is 14.3. The van der Waals surface area contributed by atoms with Crippen LogP contribution in [0, 0.1) is 18.6 Å². The zero-order valence-corrected chi connectivity index (χ0v) is 15.9. The number of anilines is 3. The predicted molar refractivity (Wildman–Crippen MR) is 109 cm³/mol. The number of hydrogen-bond donors (Lipinski definition) is 1. The van der Waals surface area contributed by atoms with Crippen molar-refractivity contribution in [3.63, 3.8) is 0 Å². The maximum Gasteiger partial charge on any atom is 0.182 e. The maximum absolute atomic E-state index is 14.3. The highest BCUT2D eigenvalue weighted by atomic mass is 19.2. The number of fused-ring (bicyclic) bond motifs is 3. The number of ether oxygens (including phenoxy) is 1. The first-order valence-electron chi connectivity index (χ1n) is 9.67. The molecule has 2 heterocycles. The molecule has 0 radical (unpaired) electrons. The molecule has 2 unspecified atom stereocenters. The van der Waals surface area contributed by atoms with Crippen molar-refractivity contribution in [1.29, 1.82) is 0 Å². The molecule has 2 aliphatic rings. The van der Waals surface area contributed by atoms with Crippen LogP contribution in [0.5, 0.6) is 0 Å². The molecule has 1 N–H and O–H groups in total. The van der Waals surface area contributed by atoms with Gasteiger partial charge < -0.3 is 15.0 Å². The number of morpholine rings is 1. The molecule has 3 aromatic rings. The Labute approximate surface area is 167 Å². The molecule has 4 nitrogen and oxygen atoms in total. The molecular weight excluding hydrogens is 374 g/mol. The van der Waals surface area contributed by atoms with Gasteiger partial charge in [0.2, 0.25) is 0 Å². The van der Waals surface area contributed by atoms with Gasteiger partial charge in [-0.15, -0.1) is 0 Å². The molecule has 0 spiro atoms. The minimum atomic E-state index is -0.928. The van der Waals surface area contributed by atoms with E-state index in [0.717, 1.165) is 47.3 Å². The predicted octanol–water partition coefficient (Wildman–Crippen LogP) is 4.96. The second-order valence-corrected chi connectivity index (χ2v) is 7.70. The van der Waals surface area contributed by atoms with Crippen LogP contribution in [0.3, 0.4) is 0 Å². The van der Waals surface area contributed by atoms with Gasteiger partial charge in [0.1, 0.15) is 0 Å². The molecule has 5 rings (SSSR count). The van der Waals surface area contributed by atoms with Gasteiger partial charge >= 0.3 is 0 Å². The molecule has 148 valence electrons. The average molecular weight is 394 g/mol. The van der Waals surface area contributed by atoms with E-state index in [1.165, 1.54) is 12.1 Å². The Balaban J connectivity index is 1.72. The van der Waals surface area contributed by atoms with Crippen LogP contribution in [-0.4, -0.2) is 31.6 Å². The van der Waals surface area contributed by atoms with Gasteiger partial charge in [-0.2, -0.15) is 0 Å². The Kier molecular flexibility index (Phi) is 4.24. The number of aldehydes is 1. The summed E-state index contributed by atoms with van der Waals surface area (Å²) in [5, 5.41) is 4.67. The van der Waals surface area contributed by atoms with Crippen LogP contribution in [0.1, 0.15) is 22.3 Å². The first kappa shape index (κ1) is 18.1. The number of halogens is 2. The van der Waals surface area contributed by atoms with Crippen molar-refractivity contribution in [3.05, 3.63) is 65.2 Å². The number of nitrogens with zero attached hydrogens (tertiary/aromatic N) is 1. The number of carbonyl (C=O) groups excluding carboxylic acids is 1. The third-order valence-corrected chi connectivity index (χ3v) is 5.94. The van der Waals surface area contributed by atoms with Gasteiger partial charge in [0.25, 0.3) is 0 Å². The molecule has 2 aliphatic heterocycles. The topological polar surface area (TPSA) is 41.6 Å². The molecule has 2 bridgehead atoms. The average Bonchev–Trinajstić information content (AvgIpc) is 3.35. The molecule has 29 heavy (non-hydrogen) atoms. The highest BCUT2D eigenvalue weighted by molar-refractivity contribution is 6.11. The lowest BCUT2D eigenvalue weighted by Gasteiger charge is -2.31. The van der Waals surface area contributed by atoms with Gasteiger partial charge in [-0.3, -0.25) is 4.79 Å². The highest BCUT2D eigenvalue weighted by Crippen LogP contribution is 2.41. The summed E-state index contributed by atoms with van der Waals surface area (Å²) >= 11 is 0. The van der Waals surface area contributed by atoms with Crippen LogP contribution in [0.4, 0.5) is 25.8 Å². The van der Waals surface area contributed by atoms with Crippen molar-refractivity contribution < 1.29 is 18.3 Å². The number of benzene rings is 3. The quantitative estimate of drug-likeness (QED) is 0.635. The van der Waals surface area contributed by atoms with Crippen molar-refractivity contribution in [2.75, 3.05) is 23.4 Å². The van der Waals surface area contributed by atoms with Crippen LogP contribution in [0.25, 0.3) is 10.8 Å². The molecule has 2 atom stereocenters.